The maximum absolute atomic E-state index is 6.10. The Morgan fingerprint density at radius 1 is 1.33 bits per heavy atom. The smallest absolute Gasteiger partial charge is 0.228 e. The molecule has 7 heteroatoms. The average Bonchev–Trinajstić information content (AvgIpc) is 2.74. The van der Waals surface area contributed by atoms with Crippen molar-refractivity contribution < 1.29 is 4.52 Å². The highest BCUT2D eigenvalue weighted by Crippen LogP contribution is 2.26. The van der Waals surface area contributed by atoms with Crippen LogP contribution in [-0.4, -0.2) is 21.2 Å². The van der Waals surface area contributed by atoms with Gasteiger partial charge in [0.2, 0.25) is 11.7 Å². The molecule has 0 bridgehead atoms. The van der Waals surface area contributed by atoms with E-state index in [0.29, 0.717) is 33.9 Å². The molecule has 2 aromatic rings. The number of nitrogens with two attached hydrogens (primary N) is 1. The van der Waals surface area contributed by atoms with E-state index < -0.39 is 0 Å². The highest BCUT2D eigenvalue weighted by Gasteiger charge is 2.19. The first-order chi connectivity index (χ1) is 9.74. The van der Waals surface area contributed by atoms with Crippen molar-refractivity contribution >= 4 is 23.2 Å². The molecular formula is C14H18Cl2N4O. The lowest BCUT2D eigenvalue weighted by Gasteiger charge is -2.21. The quantitative estimate of drug-likeness (QED) is 0.924. The minimum Gasteiger partial charge on any atom is -0.339 e. The zero-order valence-corrected chi connectivity index (χ0v) is 13.7. The molecule has 0 amide bonds. The third-order valence-electron chi connectivity index (χ3n) is 2.80. The molecule has 0 fully saturated rings. The van der Waals surface area contributed by atoms with Gasteiger partial charge in [0.25, 0.3) is 0 Å². The molecule has 0 aliphatic rings. The summed E-state index contributed by atoms with van der Waals surface area (Å²) in [7, 11) is 0. The number of nitrogens with zero attached hydrogens (tertiary/aromatic N) is 3. The Bertz CT molecular complexity index is 622. The van der Waals surface area contributed by atoms with E-state index in [4.69, 9.17) is 33.5 Å². The molecule has 2 aromatic heterocycles. The number of rotatable bonds is 4. The molecule has 0 aliphatic heterocycles. The van der Waals surface area contributed by atoms with Crippen LogP contribution in [0.25, 0.3) is 11.5 Å². The molecule has 1 unspecified atom stereocenters. The summed E-state index contributed by atoms with van der Waals surface area (Å²) in [6.45, 7) is 6.43. The Balaban J connectivity index is 2.11. The van der Waals surface area contributed by atoms with Crippen LogP contribution in [0.2, 0.25) is 10.0 Å². The van der Waals surface area contributed by atoms with E-state index in [9.17, 15) is 0 Å². The predicted octanol–water partition coefficient (Wildman–Crippen LogP) is 3.74. The lowest BCUT2D eigenvalue weighted by Crippen LogP contribution is -2.28. The van der Waals surface area contributed by atoms with Gasteiger partial charge in [0.05, 0.1) is 10.0 Å². The molecule has 114 valence electrons. The van der Waals surface area contributed by atoms with Crippen LogP contribution in [0.3, 0.4) is 0 Å². The average molecular weight is 329 g/mol. The third-order valence-corrected chi connectivity index (χ3v) is 3.29. The molecule has 1 atom stereocenters. The normalized spacial score (nSPS) is 13.4. The first-order valence-electron chi connectivity index (χ1n) is 6.64. The van der Waals surface area contributed by atoms with Crippen LogP contribution >= 0.6 is 23.2 Å². The maximum atomic E-state index is 6.10. The van der Waals surface area contributed by atoms with Crippen molar-refractivity contribution in [3.05, 3.63) is 28.2 Å². The summed E-state index contributed by atoms with van der Waals surface area (Å²) in [5, 5.41) is 4.74. The molecule has 5 nitrogen and oxygen atoms in total. The van der Waals surface area contributed by atoms with Crippen LogP contribution in [-0.2, 0) is 6.42 Å². The molecule has 0 radical (unpaired) electrons. The van der Waals surface area contributed by atoms with Gasteiger partial charge in [-0.1, -0.05) is 49.1 Å². The van der Waals surface area contributed by atoms with Crippen molar-refractivity contribution in [3.63, 3.8) is 0 Å². The third kappa shape index (κ3) is 4.66. The van der Waals surface area contributed by atoms with Crippen LogP contribution in [0.5, 0.6) is 0 Å². The highest BCUT2D eigenvalue weighted by molar-refractivity contribution is 6.35. The lowest BCUT2D eigenvalue weighted by atomic mass is 9.87. The Morgan fingerprint density at radius 3 is 2.67 bits per heavy atom. The fourth-order valence-corrected chi connectivity index (χ4v) is 2.56. The van der Waals surface area contributed by atoms with Gasteiger partial charge < -0.3 is 10.3 Å². The molecular weight excluding hydrogens is 311 g/mol. The summed E-state index contributed by atoms with van der Waals surface area (Å²) in [6, 6.07) is 1.55. The van der Waals surface area contributed by atoms with Gasteiger partial charge in [-0.3, -0.25) is 0 Å². The van der Waals surface area contributed by atoms with Crippen LogP contribution in [0, 0.1) is 5.41 Å². The molecule has 2 N–H and O–H groups in total. The van der Waals surface area contributed by atoms with Crippen molar-refractivity contribution in [1.82, 2.24) is 15.1 Å². The molecule has 0 saturated carbocycles. The molecule has 0 aliphatic carbocycles. The minimum absolute atomic E-state index is 0.0352. The minimum atomic E-state index is -0.0352. The van der Waals surface area contributed by atoms with Gasteiger partial charge in [-0.15, -0.1) is 0 Å². The second kappa shape index (κ2) is 6.30. The van der Waals surface area contributed by atoms with E-state index >= 15 is 0 Å². The van der Waals surface area contributed by atoms with Gasteiger partial charge in [0.1, 0.15) is 5.69 Å². The predicted molar refractivity (Wildman–Crippen MR) is 83.3 cm³/mol. The zero-order valence-electron chi connectivity index (χ0n) is 12.2. The zero-order chi connectivity index (χ0) is 15.6. The van der Waals surface area contributed by atoms with Gasteiger partial charge >= 0.3 is 0 Å². The lowest BCUT2D eigenvalue weighted by molar-refractivity contribution is 0.313. The monoisotopic (exact) mass is 328 g/mol. The van der Waals surface area contributed by atoms with Crippen molar-refractivity contribution in [2.75, 3.05) is 0 Å². The van der Waals surface area contributed by atoms with Gasteiger partial charge in [-0.2, -0.15) is 4.98 Å². The summed E-state index contributed by atoms with van der Waals surface area (Å²) in [5.74, 6) is 0.823. The number of hydrogen-bond acceptors (Lipinski definition) is 5. The van der Waals surface area contributed by atoms with Crippen molar-refractivity contribution in [2.45, 2.75) is 39.7 Å². The Hall–Kier alpha value is -1.17. The molecule has 0 spiro atoms. The van der Waals surface area contributed by atoms with Crippen LogP contribution in [0.15, 0.2) is 16.8 Å². The van der Waals surface area contributed by atoms with E-state index in [0.717, 1.165) is 6.42 Å². The molecule has 2 heterocycles. The first kappa shape index (κ1) is 16.2. The summed E-state index contributed by atoms with van der Waals surface area (Å²) in [6.07, 6.45) is 2.88. The molecule has 0 aromatic carbocycles. The fourth-order valence-electron chi connectivity index (χ4n) is 2.10. The van der Waals surface area contributed by atoms with E-state index in [1.54, 1.807) is 6.07 Å². The summed E-state index contributed by atoms with van der Waals surface area (Å²) in [5.41, 5.74) is 6.70. The van der Waals surface area contributed by atoms with Crippen LogP contribution in [0.4, 0.5) is 0 Å². The topological polar surface area (TPSA) is 77.8 Å². The van der Waals surface area contributed by atoms with Crippen molar-refractivity contribution in [3.8, 4) is 11.5 Å². The summed E-state index contributed by atoms with van der Waals surface area (Å²) >= 11 is 11.9. The van der Waals surface area contributed by atoms with E-state index in [1.807, 2.05) is 0 Å². The fraction of sp³-hybridized carbons (Fsp3) is 0.500. The van der Waals surface area contributed by atoms with E-state index in [-0.39, 0.29) is 11.5 Å². The second-order valence-electron chi connectivity index (χ2n) is 6.22. The highest BCUT2D eigenvalue weighted by atomic mass is 35.5. The van der Waals surface area contributed by atoms with Gasteiger partial charge in [-0.25, -0.2) is 4.98 Å². The van der Waals surface area contributed by atoms with Crippen LogP contribution < -0.4 is 5.73 Å². The molecule has 0 saturated heterocycles. The number of pyridine rings is 1. The number of aromatic nitrogens is 3. The van der Waals surface area contributed by atoms with E-state index in [2.05, 4.69) is 35.9 Å². The first-order valence-corrected chi connectivity index (χ1v) is 7.40. The standard InChI is InChI=1S/C14H18Cl2N4O/c1-14(2,3)6-9(17)5-11-19-13(20-21-11)12-10(16)4-8(15)7-18-12/h4,7,9H,5-6,17H2,1-3H3. The Labute approximate surface area is 133 Å². The van der Waals surface area contributed by atoms with Crippen LogP contribution in [0.1, 0.15) is 33.1 Å². The van der Waals surface area contributed by atoms with Crippen molar-refractivity contribution in [2.24, 2.45) is 11.1 Å². The number of hydrogen-bond donors (Lipinski definition) is 1. The largest absolute Gasteiger partial charge is 0.339 e. The Kier molecular flexibility index (Phi) is 4.86. The summed E-state index contributed by atoms with van der Waals surface area (Å²) in [4.78, 5) is 8.41. The number of halogens is 2. The SMILES string of the molecule is CC(C)(C)CC(N)Cc1nc(-c2ncc(Cl)cc2Cl)no1. The molecule has 2 rings (SSSR count). The van der Waals surface area contributed by atoms with Gasteiger partial charge in [-0.05, 0) is 17.9 Å². The molecule has 21 heavy (non-hydrogen) atoms. The summed E-state index contributed by atoms with van der Waals surface area (Å²) < 4.78 is 5.22. The maximum Gasteiger partial charge on any atom is 0.228 e. The Morgan fingerprint density at radius 2 is 2.05 bits per heavy atom. The van der Waals surface area contributed by atoms with E-state index in [1.165, 1.54) is 6.20 Å². The van der Waals surface area contributed by atoms with Crippen molar-refractivity contribution in [1.29, 1.82) is 0 Å². The second-order valence-corrected chi connectivity index (χ2v) is 7.07. The van der Waals surface area contributed by atoms with Gasteiger partial charge in [0.15, 0.2) is 0 Å². The van der Waals surface area contributed by atoms with Gasteiger partial charge in [0, 0.05) is 18.7 Å².